The van der Waals surface area contributed by atoms with Gasteiger partial charge in [0.15, 0.2) is 5.69 Å². The van der Waals surface area contributed by atoms with Crippen molar-refractivity contribution in [3.05, 3.63) is 81.4 Å². The van der Waals surface area contributed by atoms with Gasteiger partial charge in [-0.05, 0) is 26.0 Å². The van der Waals surface area contributed by atoms with Crippen LogP contribution in [0.25, 0.3) is 0 Å². The molecule has 0 saturated carbocycles. The molecule has 4 aromatic rings. The van der Waals surface area contributed by atoms with E-state index >= 15 is 0 Å². The molecule has 3 aromatic heterocycles. The average Bonchev–Trinajstić information content (AvgIpc) is 3.44. The van der Waals surface area contributed by atoms with E-state index in [9.17, 15) is 19.3 Å². The van der Waals surface area contributed by atoms with E-state index in [-0.39, 0.29) is 36.4 Å². The van der Waals surface area contributed by atoms with E-state index in [1.807, 2.05) is 0 Å². The minimum absolute atomic E-state index is 0.0489. The van der Waals surface area contributed by atoms with Crippen molar-refractivity contribution >= 4 is 17.5 Å². The van der Waals surface area contributed by atoms with Crippen molar-refractivity contribution in [1.82, 2.24) is 34.3 Å². The molecule has 0 bridgehead atoms. The highest BCUT2D eigenvalue weighted by Gasteiger charge is 2.22. The Morgan fingerprint density at radius 1 is 1.16 bits per heavy atom. The monoisotopic (exact) mass is 439 g/mol. The van der Waals surface area contributed by atoms with Crippen LogP contribution in [-0.2, 0) is 13.2 Å². The Morgan fingerprint density at radius 3 is 2.66 bits per heavy atom. The number of anilines is 1. The molecule has 0 aliphatic rings. The second-order valence-electron chi connectivity index (χ2n) is 6.97. The lowest BCUT2D eigenvalue weighted by atomic mass is 10.2. The SMILES string of the molecule is Cc1nn(Cn2ccc(C(=O)Nc3ncn(Cc4ccccc4F)n3)n2)c(C)c1[N+](=O)[O-]. The van der Waals surface area contributed by atoms with E-state index in [1.54, 1.807) is 38.2 Å². The fourth-order valence-electron chi connectivity index (χ4n) is 3.18. The summed E-state index contributed by atoms with van der Waals surface area (Å²) in [5.41, 5.74) is 1.19. The summed E-state index contributed by atoms with van der Waals surface area (Å²) in [5, 5.41) is 26.1. The molecule has 0 unspecified atom stereocenters. The summed E-state index contributed by atoms with van der Waals surface area (Å²) in [6.45, 7) is 3.42. The van der Waals surface area contributed by atoms with Gasteiger partial charge in [-0.25, -0.2) is 18.7 Å². The number of halogens is 1. The molecule has 0 spiro atoms. The zero-order chi connectivity index (χ0) is 22.8. The van der Waals surface area contributed by atoms with Gasteiger partial charge in [0.25, 0.3) is 5.91 Å². The molecule has 0 fully saturated rings. The van der Waals surface area contributed by atoms with Crippen molar-refractivity contribution in [2.75, 3.05) is 5.32 Å². The van der Waals surface area contributed by atoms with Crippen LogP contribution in [-0.4, -0.2) is 45.2 Å². The summed E-state index contributed by atoms with van der Waals surface area (Å²) in [7, 11) is 0. The highest BCUT2D eigenvalue weighted by Crippen LogP contribution is 2.21. The first-order valence-electron chi connectivity index (χ1n) is 9.48. The largest absolute Gasteiger partial charge is 0.312 e. The molecule has 0 atom stereocenters. The molecule has 0 aliphatic heterocycles. The van der Waals surface area contributed by atoms with Gasteiger partial charge in [0.2, 0.25) is 5.95 Å². The van der Waals surface area contributed by atoms with E-state index in [1.165, 1.54) is 32.5 Å². The predicted octanol–water partition coefficient (Wildman–Crippen LogP) is 2.14. The fraction of sp³-hybridized carbons (Fsp3) is 0.211. The van der Waals surface area contributed by atoms with Crippen molar-refractivity contribution in [3.63, 3.8) is 0 Å². The van der Waals surface area contributed by atoms with Crippen molar-refractivity contribution in [2.24, 2.45) is 0 Å². The molecule has 0 saturated heterocycles. The van der Waals surface area contributed by atoms with Crippen LogP contribution in [0.1, 0.15) is 27.4 Å². The summed E-state index contributed by atoms with van der Waals surface area (Å²) in [4.78, 5) is 27.1. The Bertz CT molecular complexity index is 1310. The lowest BCUT2D eigenvalue weighted by Gasteiger charge is -2.04. The molecular formula is C19H18FN9O3. The summed E-state index contributed by atoms with van der Waals surface area (Å²) >= 11 is 0. The number of carbonyl (C=O) groups excluding carboxylic acids is 1. The highest BCUT2D eigenvalue weighted by atomic mass is 19.1. The van der Waals surface area contributed by atoms with Gasteiger partial charge in [0.05, 0.1) is 11.5 Å². The Hall–Kier alpha value is -4.42. The standard InChI is InChI=1S/C19H18FN9O3/c1-12-17(29(31)32)13(2)28(23-12)11-26-8-7-16(24-26)18(30)22-19-21-10-27(25-19)9-14-5-3-4-6-15(14)20/h3-8,10H,9,11H2,1-2H3,(H,22,25,30). The van der Waals surface area contributed by atoms with Crippen molar-refractivity contribution < 1.29 is 14.1 Å². The van der Waals surface area contributed by atoms with Crippen molar-refractivity contribution in [3.8, 4) is 0 Å². The van der Waals surface area contributed by atoms with E-state index in [4.69, 9.17) is 0 Å². The van der Waals surface area contributed by atoms with Crippen LogP contribution in [0.2, 0.25) is 0 Å². The van der Waals surface area contributed by atoms with Crippen molar-refractivity contribution in [1.29, 1.82) is 0 Å². The maximum Gasteiger partial charge on any atom is 0.312 e. The second-order valence-corrected chi connectivity index (χ2v) is 6.97. The van der Waals surface area contributed by atoms with Crippen LogP contribution >= 0.6 is 0 Å². The molecular weight excluding hydrogens is 421 g/mol. The molecule has 1 N–H and O–H groups in total. The number of nitrogens with zero attached hydrogens (tertiary/aromatic N) is 8. The first kappa shape index (κ1) is 20.8. The van der Waals surface area contributed by atoms with Gasteiger partial charge in [0, 0.05) is 11.8 Å². The van der Waals surface area contributed by atoms with Gasteiger partial charge in [-0.15, -0.1) is 5.10 Å². The van der Waals surface area contributed by atoms with Gasteiger partial charge < -0.3 is 0 Å². The first-order chi connectivity index (χ1) is 15.3. The summed E-state index contributed by atoms with van der Waals surface area (Å²) in [6.07, 6.45) is 2.94. The topological polar surface area (TPSA) is 139 Å². The number of hydrogen-bond donors (Lipinski definition) is 1. The van der Waals surface area contributed by atoms with Gasteiger partial charge in [-0.1, -0.05) is 18.2 Å². The van der Waals surface area contributed by atoms with E-state index in [0.717, 1.165) is 0 Å². The zero-order valence-corrected chi connectivity index (χ0v) is 17.1. The number of amides is 1. The number of hydrogen-bond acceptors (Lipinski definition) is 7. The number of benzene rings is 1. The number of rotatable bonds is 7. The molecule has 164 valence electrons. The molecule has 32 heavy (non-hydrogen) atoms. The second kappa shape index (κ2) is 8.37. The predicted molar refractivity (Wildman–Crippen MR) is 109 cm³/mol. The van der Waals surface area contributed by atoms with Gasteiger partial charge >= 0.3 is 5.69 Å². The van der Waals surface area contributed by atoms with Gasteiger partial charge in [0.1, 0.15) is 30.2 Å². The Kier molecular flexibility index (Phi) is 5.45. The Labute approximate surface area is 180 Å². The third kappa shape index (κ3) is 4.21. The van der Waals surface area contributed by atoms with E-state index in [0.29, 0.717) is 17.0 Å². The molecule has 0 radical (unpaired) electrons. The average molecular weight is 439 g/mol. The normalized spacial score (nSPS) is 11.0. The summed E-state index contributed by atoms with van der Waals surface area (Å²) < 4.78 is 18.1. The van der Waals surface area contributed by atoms with Crippen LogP contribution in [0.4, 0.5) is 16.0 Å². The Morgan fingerprint density at radius 2 is 1.94 bits per heavy atom. The smallest absolute Gasteiger partial charge is 0.288 e. The molecule has 1 aromatic carbocycles. The zero-order valence-electron chi connectivity index (χ0n) is 17.1. The number of nitro groups is 1. The molecule has 1 amide bonds. The molecule has 12 nitrogen and oxygen atoms in total. The van der Waals surface area contributed by atoms with Gasteiger partial charge in [-0.2, -0.15) is 10.2 Å². The molecule has 3 heterocycles. The Balaban J connectivity index is 1.42. The lowest BCUT2D eigenvalue weighted by molar-refractivity contribution is -0.386. The molecule has 4 rings (SSSR count). The number of nitrogens with one attached hydrogen (secondary N) is 1. The van der Waals surface area contributed by atoms with E-state index in [2.05, 4.69) is 25.6 Å². The van der Waals surface area contributed by atoms with Crippen LogP contribution in [0, 0.1) is 29.8 Å². The maximum absolute atomic E-state index is 13.8. The third-order valence-electron chi connectivity index (χ3n) is 4.73. The number of aromatic nitrogens is 7. The first-order valence-corrected chi connectivity index (χ1v) is 9.48. The minimum Gasteiger partial charge on any atom is -0.288 e. The third-order valence-corrected chi connectivity index (χ3v) is 4.73. The van der Waals surface area contributed by atoms with Crippen LogP contribution in [0.5, 0.6) is 0 Å². The van der Waals surface area contributed by atoms with Crippen LogP contribution in [0.15, 0.2) is 42.9 Å². The minimum atomic E-state index is -0.535. The molecule has 0 aliphatic carbocycles. The number of aryl methyl sites for hydroxylation is 1. The maximum atomic E-state index is 13.8. The highest BCUT2D eigenvalue weighted by molar-refractivity contribution is 6.01. The summed E-state index contributed by atoms with van der Waals surface area (Å²) in [6, 6.07) is 7.81. The quantitative estimate of drug-likeness (QED) is 0.344. The van der Waals surface area contributed by atoms with Crippen LogP contribution < -0.4 is 5.32 Å². The number of carbonyl (C=O) groups is 1. The van der Waals surface area contributed by atoms with E-state index < -0.39 is 10.8 Å². The van der Waals surface area contributed by atoms with Gasteiger partial charge in [-0.3, -0.25) is 24.9 Å². The lowest BCUT2D eigenvalue weighted by Crippen LogP contribution is -2.16. The fourth-order valence-corrected chi connectivity index (χ4v) is 3.18. The molecule has 13 heteroatoms. The summed E-state index contributed by atoms with van der Waals surface area (Å²) in [5.74, 6) is -0.839. The van der Waals surface area contributed by atoms with Crippen molar-refractivity contribution in [2.45, 2.75) is 27.1 Å². The van der Waals surface area contributed by atoms with Crippen LogP contribution in [0.3, 0.4) is 0 Å².